The van der Waals surface area contributed by atoms with E-state index in [0.717, 1.165) is 21.3 Å². The first kappa shape index (κ1) is 15.0. The van der Waals surface area contributed by atoms with Gasteiger partial charge in [0.2, 0.25) is 0 Å². The van der Waals surface area contributed by atoms with Crippen LogP contribution in [0.1, 0.15) is 24.0 Å². The zero-order valence-electron chi connectivity index (χ0n) is 11.3. The van der Waals surface area contributed by atoms with Crippen molar-refractivity contribution < 1.29 is 19.4 Å². The lowest BCUT2D eigenvalue weighted by molar-refractivity contribution is -0.150. The summed E-state index contributed by atoms with van der Waals surface area (Å²) in [5.41, 5.74) is 2.64. The number of ether oxygens (including phenoxy) is 1. The van der Waals surface area contributed by atoms with Crippen LogP contribution in [0.4, 0.5) is 5.69 Å². The fraction of sp³-hybridized carbons (Fsp3) is 0.429. The van der Waals surface area contributed by atoms with Gasteiger partial charge in [-0.25, -0.2) is 4.79 Å². The molecule has 1 amide bonds. The molecule has 1 aromatic rings. The van der Waals surface area contributed by atoms with Crippen LogP contribution < -0.4 is 5.32 Å². The van der Waals surface area contributed by atoms with Gasteiger partial charge in [0.05, 0.1) is 0 Å². The van der Waals surface area contributed by atoms with Crippen LogP contribution in [0.15, 0.2) is 16.6 Å². The standard InChI is InChI=1S/C14H16BrNO4/c1-7-5-9(15)6-8(2)12(7)16-13(17)10-3-4-11(20-10)14(18)19/h5-6,10-11H,3-4H2,1-2H3,(H,16,17)(H,18,19)/t10-,11+/m0/s1. The first-order chi connectivity index (χ1) is 9.38. The molecule has 1 saturated heterocycles. The quantitative estimate of drug-likeness (QED) is 0.886. The van der Waals surface area contributed by atoms with Crippen LogP contribution in [0.3, 0.4) is 0 Å². The number of carbonyl (C=O) groups excluding carboxylic acids is 1. The Hall–Kier alpha value is -1.40. The average Bonchev–Trinajstić information content (AvgIpc) is 2.83. The van der Waals surface area contributed by atoms with E-state index < -0.39 is 18.2 Å². The van der Waals surface area contributed by atoms with Crippen molar-refractivity contribution in [2.75, 3.05) is 5.32 Å². The van der Waals surface area contributed by atoms with Gasteiger partial charge in [-0.3, -0.25) is 4.79 Å². The van der Waals surface area contributed by atoms with Crippen molar-refractivity contribution in [3.05, 3.63) is 27.7 Å². The number of rotatable bonds is 3. The maximum absolute atomic E-state index is 12.1. The van der Waals surface area contributed by atoms with E-state index in [0.29, 0.717) is 12.8 Å². The van der Waals surface area contributed by atoms with Crippen molar-refractivity contribution in [2.24, 2.45) is 0 Å². The zero-order valence-corrected chi connectivity index (χ0v) is 12.9. The van der Waals surface area contributed by atoms with Gasteiger partial charge in [0, 0.05) is 10.2 Å². The summed E-state index contributed by atoms with van der Waals surface area (Å²) in [5, 5.41) is 11.7. The van der Waals surface area contributed by atoms with Gasteiger partial charge in [0.25, 0.3) is 5.91 Å². The first-order valence-electron chi connectivity index (χ1n) is 6.34. The fourth-order valence-corrected chi connectivity index (χ4v) is 3.01. The number of amides is 1. The lowest BCUT2D eigenvalue weighted by Crippen LogP contribution is -2.30. The summed E-state index contributed by atoms with van der Waals surface area (Å²) >= 11 is 3.40. The van der Waals surface area contributed by atoms with Crippen LogP contribution in [0.2, 0.25) is 0 Å². The Morgan fingerprint density at radius 2 is 1.80 bits per heavy atom. The van der Waals surface area contributed by atoms with E-state index in [-0.39, 0.29) is 5.91 Å². The highest BCUT2D eigenvalue weighted by Crippen LogP contribution is 2.27. The molecule has 2 N–H and O–H groups in total. The SMILES string of the molecule is Cc1cc(Br)cc(C)c1NC(=O)[C@@H]1CC[C@H](C(=O)O)O1. The predicted octanol–water partition coefficient (Wildman–Crippen LogP) is 2.64. The maximum Gasteiger partial charge on any atom is 0.332 e. The average molecular weight is 342 g/mol. The zero-order chi connectivity index (χ0) is 14.9. The van der Waals surface area contributed by atoms with Crippen molar-refractivity contribution in [1.82, 2.24) is 0 Å². The molecule has 1 fully saturated rings. The topological polar surface area (TPSA) is 75.6 Å². The number of carboxylic acids is 1. The Balaban J connectivity index is 2.08. The number of hydrogen-bond donors (Lipinski definition) is 2. The summed E-state index contributed by atoms with van der Waals surface area (Å²) in [4.78, 5) is 22.9. The monoisotopic (exact) mass is 341 g/mol. The third-order valence-electron chi connectivity index (χ3n) is 3.33. The summed E-state index contributed by atoms with van der Waals surface area (Å²) in [5.74, 6) is -1.31. The number of aliphatic carboxylic acids is 1. The Morgan fingerprint density at radius 3 is 2.30 bits per heavy atom. The Morgan fingerprint density at radius 1 is 1.25 bits per heavy atom. The number of benzene rings is 1. The lowest BCUT2D eigenvalue weighted by atomic mass is 10.1. The smallest absolute Gasteiger partial charge is 0.332 e. The largest absolute Gasteiger partial charge is 0.479 e. The lowest BCUT2D eigenvalue weighted by Gasteiger charge is -2.15. The van der Waals surface area contributed by atoms with E-state index in [1.807, 2.05) is 26.0 Å². The van der Waals surface area contributed by atoms with Crippen molar-refractivity contribution in [3.63, 3.8) is 0 Å². The molecule has 0 radical (unpaired) electrons. The molecule has 1 aliphatic rings. The molecule has 5 nitrogen and oxygen atoms in total. The second kappa shape index (κ2) is 5.93. The number of hydrogen-bond acceptors (Lipinski definition) is 3. The minimum Gasteiger partial charge on any atom is -0.479 e. The van der Waals surface area contributed by atoms with Gasteiger partial charge < -0.3 is 15.2 Å². The molecule has 1 heterocycles. The highest BCUT2D eigenvalue weighted by Gasteiger charge is 2.34. The van der Waals surface area contributed by atoms with E-state index >= 15 is 0 Å². The van der Waals surface area contributed by atoms with Crippen LogP contribution in [0, 0.1) is 13.8 Å². The Labute approximate surface area is 125 Å². The molecule has 1 aromatic carbocycles. The molecule has 0 spiro atoms. The maximum atomic E-state index is 12.1. The minimum absolute atomic E-state index is 0.290. The molecule has 20 heavy (non-hydrogen) atoms. The molecular weight excluding hydrogens is 326 g/mol. The molecule has 1 aliphatic heterocycles. The molecule has 0 unspecified atom stereocenters. The van der Waals surface area contributed by atoms with Crippen LogP contribution in [0.5, 0.6) is 0 Å². The Kier molecular flexibility index (Phi) is 4.45. The van der Waals surface area contributed by atoms with Crippen molar-refractivity contribution in [3.8, 4) is 0 Å². The third kappa shape index (κ3) is 3.19. The second-order valence-electron chi connectivity index (χ2n) is 4.93. The van der Waals surface area contributed by atoms with Crippen molar-refractivity contribution in [2.45, 2.75) is 38.9 Å². The fourth-order valence-electron chi connectivity index (χ4n) is 2.32. The Bertz CT molecular complexity index is 535. The normalized spacial score (nSPS) is 21.8. The molecule has 0 bridgehead atoms. The van der Waals surface area contributed by atoms with Crippen molar-refractivity contribution >= 4 is 33.5 Å². The van der Waals surface area contributed by atoms with E-state index in [4.69, 9.17) is 9.84 Å². The summed E-state index contributed by atoms with van der Waals surface area (Å²) in [6.07, 6.45) is -0.778. The van der Waals surface area contributed by atoms with E-state index in [9.17, 15) is 9.59 Å². The minimum atomic E-state index is -1.02. The van der Waals surface area contributed by atoms with Gasteiger partial charge in [0.1, 0.15) is 6.10 Å². The van der Waals surface area contributed by atoms with Gasteiger partial charge in [-0.15, -0.1) is 0 Å². The number of aryl methyl sites for hydroxylation is 2. The number of anilines is 1. The molecular formula is C14H16BrNO4. The summed E-state index contributed by atoms with van der Waals surface area (Å²) in [7, 11) is 0. The number of nitrogens with one attached hydrogen (secondary N) is 1. The van der Waals surface area contributed by atoms with Crippen LogP contribution in [-0.2, 0) is 14.3 Å². The molecule has 6 heteroatoms. The van der Waals surface area contributed by atoms with Crippen LogP contribution in [-0.4, -0.2) is 29.2 Å². The molecule has 0 aliphatic carbocycles. The van der Waals surface area contributed by atoms with E-state index in [1.165, 1.54) is 0 Å². The predicted molar refractivity (Wildman–Crippen MR) is 77.8 cm³/mol. The summed E-state index contributed by atoms with van der Waals surface area (Å²) < 4.78 is 6.19. The number of carbonyl (C=O) groups is 2. The molecule has 2 rings (SSSR count). The van der Waals surface area contributed by atoms with Crippen LogP contribution >= 0.6 is 15.9 Å². The van der Waals surface area contributed by atoms with E-state index in [2.05, 4.69) is 21.2 Å². The van der Waals surface area contributed by atoms with E-state index in [1.54, 1.807) is 0 Å². The van der Waals surface area contributed by atoms with Gasteiger partial charge in [-0.2, -0.15) is 0 Å². The van der Waals surface area contributed by atoms with Crippen LogP contribution in [0.25, 0.3) is 0 Å². The molecule has 108 valence electrons. The van der Waals surface area contributed by atoms with Gasteiger partial charge in [-0.05, 0) is 49.9 Å². The summed E-state index contributed by atoms with van der Waals surface area (Å²) in [6, 6.07) is 3.83. The molecule has 0 aromatic heterocycles. The number of halogens is 1. The third-order valence-corrected chi connectivity index (χ3v) is 3.79. The highest BCUT2D eigenvalue weighted by atomic mass is 79.9. The van der Waals surface area contributed by atoms with Gasteiger partial charge in [0.15, 0.2) is 6.10 Å². The van der Waals surface area contributed by atoms with Crippen molar-refractivity contribution in [1.29, 1.82) is 0 Å². The number of carboxylic acid groups (broad SMARTS) is 1. The summed E-state index contributed by atoms with van der Waals surface area (Å²) in [6.45, 7) is 3.81. The highest BCUT2D eigenvalue weighted by molar-refractivity contribution is 9.10. The molecule has 0 saturated carbocycles. The second-order valence-corrected chi connectivity index (χ2v) is 5.85. The first-order valence-corrected chi connectivity index (χ1v) is 7.13. The van der Waals surface area contributed by atoms with Gasteiger partial charge >= 0.3 is 5.97 Å². The van der Waals surface area contributed by atoms with Gasteiger partial charge in [-0.1, -0.05) is 15.9 Å². The molecule has 2 atom stereocenters.